The number of hydrogen-bond donors (Lipinski definition) is 2. The first-order valence-electron chi connectivity index (χ1n) is 8.54. The van der Waals surface area contributed by atoms with E-state index < -0.39 is 0 Å². The zero-order chi connectivity index (χ0) is 18.8. The maximum atomic E-state index is 12.0. The minimum atomic E-state index is -0.259. The van der Waals surface area contributed by atoms with E-state index in [9.17, 15) is 9.59 Å². The summed E-state index contributed by atoms with van der Waals surface area (Å²) in [6.45, 7) is 2.15. The summed E-state index contributed by atoms with van der Waals surface area (Å²) in [5.74, 6) is 0.683. The van der Waals surface area contributed by atoms with Gasteiger partial charge in [-0.1, -0.05) is 37.3 Å². The predicted octanol–water partition coefficient (Wildman–Crippen LogP) is 2.78. The van der Waals surface area contributed by atoms with E-state index in [4.69, 9.17) is 9.47 Å². The Morgan fingerprint density at radius 3 is 2.38 bits per heavy atom. The van der Waals surface area contributed by atoms with E-state index in [1.165, 1.54) is 0 Å². The highest BCUT2D eigenvalue weighted by Gasteiger charge is 2.09. The molecule has 0 saturated carbocycles. The molecule has 6 heteroatoms. The van der Waals surface area contributed by atoms with Crippen molar-refractivity contribution in [3.05, 3.63) is 54.1 Å². The van der Waals surface area contributed by atoms with Gasteiger partial charge in [0.15, 0.2) is 11.5 Å². The lowest BCUT2D eigenvalue weighted by Gasteiger charge is -2.11. The summed E-state index contributed by atoms with van der Waals surface area (Å²) in [5.41, 5.74) is 1.83. The number of carbonyl (C=O) groups is 2. The Bertz CT molecular complexity index is 746. The highest BCUT2D eigenvalue weighted by atomic mass is 16.5. The van der Waals surface area contributed by atoms with Crippen molar-refractivity contribution < 1.29 is 19.1 Å². The maximum absolute atomic E-state index is 12.0. The van der Waals surface area contributed by atoms with Gasteiger partial charge < -0.3 is 20.1 Å². The summed E-state index contributed by atoms with van der Waals surface area (Å²) >= 11 is 0. The molecule has 2 aromatic rings. The molecular formula is C20H24N2O4. The summed E-state index contributed by atoms with van der Waals surface area (Å²) in [5, 5.41) is 5.41. The summed E-state index contributed by atoms with van der Waals surface area (Å²) in [7, 11) is 1.56. The molecule has 0 aliphatic carbocycles. The van der Waals surface area contributed by atoms with Crippen LogP contribution in [0.25, 0.3) is 0 Å². The number of anilines is 1. The van der Waals surface area contributed by atoms with E-state index >= 15 is 0 Å². The van der Waals surface area contributed by atoms with Gasteiger partial charge in [0.2, 0.25) is 11.8 Å². The number of methoxy groups -OCH3 is 1. The minimum Gasteiger partial charge on any atom is -0.493 e. The molecule has 0 atom stereocenters. The monoisotopic (exact) mass is 356 g/mol. The Morgan fingerprint density at radius 2 is 1.65 bits per heavy atom. The van der Waals surface area contributed by atoms with E-state index in [1.807, 2.05) is 43.3 Å². The molecule has 0 aliphatic rings. The Morgan fingerprint density at radius 1 is 0.962 bits per heavy atom. The van der Waals surface area contributed by atoms with Crippen LogP contribution in [0.15, 0.2) is 48.5 Å². The Labute approximate surface area is 153 Å². The van der Waals surface area contributed by atoms with Crippen molar-refractivity contribution in [1.29, 1.82) is 0 Å². The Balaban J connectivity index is 1.72. The van der Waals surface area contributed by atoms with Crippen molar-refractivity contribution in [3.63, 3.8) is 0 Å². The summed E-state index contributed by atoms with van der Waals surface area (Å²) in [6.07, 6.45) is 0.972. The van der Waals surface area contributed by atoms with Crippen LogP contribution in [0.5, 0.6) is 11.5 Å². The molecule has 0 unspecified atom stereocenters. The van der Waals surface area contributed by atoms with Crippen LogP contribution in [0.4, 0.5) is 5.69 Å². The fraction of sp³-hybridized carbons (Fsp3) is 0.300. The number of rotatable bonds is 9. The maximum Gasteiger partial charge on any atom is 0.243 e. The van der Waals surface area contributed by atoms with Crippen molar-refractivity contribution in [2.45, 2.75) is 19.8 Å². The number of nitrogens with one attached hydrogen (secondary N) is 2. The molecule has 0 fully saturated rings. The molecule has 2 aromatic carbocycles. The van der Waals surface area contributed by atoms with Crippen LogP contribution in [-0.2, 0) is 16.0 Å². The molecule has 138 valence electrons. The molecule has 2 rings (SSSR count). The van der Waals surface area contributed by atoms with Gasteiger partial charge in [0.05, 0.1) is 26.7 Å². The van der Waals surface area contributed by atoms with E-state index in [0.717, 1.165) is 17.7 Å². The Kier molecular flexibility index (Phi) is 7.49. The van der Waals surface area contributed by atoms with Crippen LogP contribution in [0.3, 0.4) is 0 Å². The molecule has 0 bridgehead atoms. The van der Waals surface area contributed by atoms with Crippen LogP contribution in [-0.4, -0.2) is 32.1 Å². The number of benzene rings is 2. The molecule has 6 nitrogen and oxygen atoms in total. The fourth-order valence-corrected chi connectivity index (χ4v) is 2.40. The quantitative estimate of drug-likeness (QED) is 0.724. The number of ether oxygens (including phenoxy) is 2. The van der Waals surface area contributed by atoms with Gasteiger partial charge >= 0.3 is 0 Å². The smallest absolute Gasteiger partial charge is 0.243 e. The topological polar surface area (TPSA) is 76.7 Å². The molecule has 0 radical (unpaired) electrons. The number of aryl methyl sites for hydroxylation is 1. The molecule has 0 aliphatic heterocycles. The van der Waals surface area contributed by atoms with Gasteiger partial charge in [-0.2, -0.15) is 0 Å². The third-order valence-corrected chi connectivity index (χ3v) is 3.77. The molecule has 26 heavy (non-hydrogen) atoms. The SMILES string of the molecule is CCc1ccccc1NC(=O)CNC(=O)CCOc1ccccc1OC. The zero-order valence-corrected chi connectivity index (χ0v) is 15.1. The van der Waals surface area contributed by atoms with Crippen LogP contribution in [0.1, 0.15) is 18.9 Å². The average molecular weight is 356 g/mol. The number of hydrogen-bond acceptors (Lipinski definition) is 4. The van der Waals surface area contributed by atoms with Crippen molar-refractivity contribution in [2.24, 2.45) is 0 Å². The lowest BCUT2D eigenvalue weighted by molar-refractivity contribution is -0.124. The van der Waals surface area contributed by atoms with Crippen LogP contribution < -0.4 is 20.1 Å². The molecule has 0 spiro atoms. The second-order valence-electron chi connectivity index (χ2n) is 5.58. The largest absolute Gasteiger partial charge is 0.493 e. The van der Waals surface area contributed by atoms with E-state index in [-0.39, 0.29) is 31.4 Å². The lowest BCUT2D eigenvalue weighted by atomic mass is 10.1. The van der Waals surface area contributed by atoms with Crippen molar-refractivity contribution in [3.8, 4) is 11.5 Å². The van der Waals surface area contributed by atoms with Gasteiger partial charge in [0.1, 0.15) is 0 Å². The van der Waals surface area contributed by atoms with Crippen molar-refractivity contribution in [1.82, 2.24) is 5.32 Å². The molecule has 2 N–H and O–H groups in total. The molecule has 0 saturated heterocycles. The van der Waals surface area contributed by atoms with E-state index in [0.29, 0.717) is 11.5 Å². The summed E-state index contributed by atoms with van der Waals surface area (Å²) in [4.78, 5) is 23.9. The van der Waals surface area contributed by atoms with Gasteiger partial charge in [-0.15, -0.1) is 0 Å². The first-order chi connectivity index (χ1) is 12.6. The van der Waals surface area contributed by atoms with E-state index in [1.54, 1.807) is 19.2 Å². The second kappa shape index (κ2) is 10.1. The molecule has 0 aromatic heterocycles. The van der Waals surface area contributed by atoms with Gasteiger partial charge in [0.25, 0.3) is 0 Å². The minimum absolute atomic E-state index is 0.0778. The van der Waals surface area contributed by atoms with Crippen molar-refractivity contribution in [2.75, 3.05) is 25.6 Å². The van der Waals surface area contributed by atoms with Crippen molar-refractivity contribution >= 4 is 17.5 Å². The third-order valence-electron chi connectivity index (χ3n) is 3.77. The van der Waals surface area contributed by atoms with Crippen LogP contribution in [0, 0.1) is 0 Å². The van der Waals surface area contributed by atoms with Gasteiger partial charge in [-0.3, -0.25) is 9.59 Å². The fourth-order valence-electron chi connectivity index (χ4n) is 2.40. The third kappa shape index (κ3) is 5.81. The van der Waals surface area contributed by atoms with Crippen LogP contribution >= 0.6 is 0 Å². The van der Waals surface area contributed by atoms with Gasteiger partial charge in [-0.25, -0.2) is 0 Å². The standard InChI is InChI=1S/C20H24N2O4/c1-3-15-8-4-5-9-16(15)22-20(24)14-21-19(23)12-13-26-18-11-7-6-10-17(18)25-2/h4-11H,3,12-14H2,1-2H3,(H,21,23)(H,22,24). The molecule has 0 heterocycles. The number of para-hydroxylation sites is 3. The normalized spacial score (nSPS) is 10.1. The zero-order valence-electron chi connectivity index (χ0n) is 15.1. The summed E-state index contributed by atoms with van der Waals surface area (Å²) in [6, 6.07) is 14.8. The number of amides is 2. The van der Waals surface area contributed by atoms with Gasteiger partial charge in [-0.05, 0) is 30.2 Å². The lowest BCUT2D eigenvalue weighted by Crippen LogP contribution is -2.33. The first kappa shape index (κ1) is 19.3. The van der Waals surface area contributed by atoms with Crippen LogP contribution in [0.2, 0.25) is 0 Å². The van der Waals surface area contributed by atoms with E-state index in [2.05, 4.69) is 10.6 Å². The predicted molar refractivity (Wildman–Crippen MR) is 101 cm³/mol. The highest BCUT2D eigenvalue weighted by molar-refractivity contribution is 5.95. The number of carbonyl (C=O) groups excluding carboxylic acids is 2. The molecule has 2 amide bonds. The average Bonchev–Trinajstić information content (AvgIpc) is 2.67. The molecular weight excluding hydrogens is 332 g/mol. The van der Waals surface area contributed by atoms with Gasteiger partial charge in [0, 0.05) is 5.69 Å². The highest BCUT2D eigenvalue weighted by Crippen LogP contribution is 2.25. The second-order valence-corrected chi connectivity index (χ2v) is 5.58. The Hall–Kier alpha value is -3.02. The first-order valence-corrected chi connectivity index (χ1v) is 8.54. The summed E-state index contributed by atoms with van der Waals surface area (Å²) < 4.78 is 10.7.